The quantitative estimate of drug-likeness (QED) is 0.290. The van der Waals surface area contributed by atoms with E-state index in [2.05, 4.69) is 26.8 Å². The second-order valence-electron chi connectivity index (χ2n) is 9.51. The minimum atomic E-state index is -0.307. The van der Waals surface area contributed by atoms with Gasteiger partial charge in [-0.1, -0.05) is 18.2 Å². The average molecular weight is 537 g/mol. The van der Waals surface area contributed by atoms with E-state index in [9.17, 15) is 14.7 Å². The van der Waals surface area contributed by atoms with Crippen molar-refractivity contribution >= 4 is 28.4 Å². The van der Waals surface area contributed by atoms with Crippen LogP contribution in [0.4, 0.5) is 17.3 Å². The number of aromatic nitrogens is 6. The van der Waals surface area contributed by atoms with Gasteiger partial charge in [0.2, 0.25) is 5.95 Å². The van der Waals surface area contributed by atoms with Gasteiger partial charge < -0.3 is 15.3 Å². The molecule has 1 atom stereocenters. The summed E-state index contributed by atoms with van der Waals surface area (Å²) in [7, 11) is 0. The van der Waals surface area contributed by atoms with E-state index >= 15 is 0 Å². The Morgan fingerprint density at radius 2 is 1.90 bits per heavy atom. The van der Waals surface area contributed by atoms with Gasteiger partial charge in [0.25, 0.3) is 11.1 Å². The predicted molar refractivity (Wildman–Crippen MR) is 154 cm³/mol. The second kappa shape index (κ2) is 10.6. The Bertz CT molecular complexity index is 1790. The van der Waals surface area contributed by atoms with Gasteiger partial charge in [0.05, 0.1) is 19.2 Å². The number of allylic oxidation sites excluding steroid dienone is 1. The molecule has 1 aromatic carbocycles. The monoisotopic (exact) mass is 536 g/mol. The number of rotatable bonds is 8. The van der Waals surface area contributed by atoms with Crippen molar-refractivity contribution in [2.24, 2.45) is 0 Å². The highest BCUT2D eigenvalue weighted by Crippen LogP contribution is 2.27. The van der Waals surface area contributed by atoms with Gasteiger partial charge in [-0.05, 0) is 55.3 Å². The molecular formula is C29H28N8O3. The molecule has 0 bridgehead atoms. The fourth-order valence-electron chi connectivity index (χ4n) is 5.20. The van der Waals surface area contributed by atoms with Crippen LogP contribution in [0.1, 0.15) is 12.8 Å². The van der Waals surface area contributed by atoms with Crippen molar-refractivity contribution in [3.8, 4) is 11.6 Å². The van der Waals surface area contributed by atoms with Crippen molar-refractivity contribution in [2.75, 3.05) is 23.4 Å². The van der Waals surface area contributed by atoms with E-state index in [1.807, 2.05) is 24.3 Å². The summed E-state index contributed by atoms with van der Waals surface area (Å²) < 4.78 is 4.50. The zero-order valence-electron chi connectivity index (χ0n) is 21.7. The fraction of sp³-hybridized carbons (Fsp3) is 0.207. The topological polar surface area (TPSA) is 123 Å². The maximum atomic E-state index is 13.4. The lowest BCUT2D eigenvalue weighted by atomic mass is 10.2. The summed E-state index contributed by atoms with van der Waals surface area (Å²) in [5.74, 6) is 1.11. The van der Waals surface area contributed by atoms with Crippen LogP contribution in [0.25, 0.3) is 22.7 Å². The number of nitrogens with zero attached hydrogens (tertiary/aromatic N) is 7. The lowest BCUT2D eigenvalue weighted by molar-refractivity contribution is 0.266. The third-order valence-corrected chi connectivity index (χ3v) is 7.05. The van der Waals surface area contributed by atoms with Crippen molar-refractivity contribution in [3.63, 3.8) is 0 Å². The van der Waals surface area contributed by atoms with Crippen molar-refractivity contribution in [1.29, 1.82) is 0 Å². The smallest absolute Gasteiger partial charge is 0.278 e. The summed E-state index contributed by atoms with van der Waals surface area (Å²) >= 11 is 0. The van der Waals surface area contributed by atoms with Crippen LogP contribution in [-0.4, -0.2) is 53.2 Å². The first-order valence-corrected chi connectivity index (χ1v) is 13.1. The van der Waals surface area contributed by atoms with Gasteiger partial charge in [-0.2, -0.15) is 4.98 Å². The lowest BCUT2D eigenvalue weighted by Gasteiger charge is -2.25. The van der Waals surface area contributed by atoms with Crippen LogP contribution in [0, 0.1) is 0 Å². The van der Waals surface area contributed by atoms with Gasteiger partial charge in [-0.15, -0.1) is 6.58 Å². The molecule has 2 N–H and O–H groups in total. The third-order valence-electron chi connectivity index (χ3n) is 7.05. The number of aliphatic hydroxyl groups is 1. The Kier molecular flexibility index (Phi) is 6.71. The highest BCUT2D eigenvalue weighted by molar-refractivity contribution is 5.77. The van der Waals surface area contributed by atoms with Crippen LogP contribution in [0.3, 0.4) is 0 Å². The zero-order valence-corrected chi connectivity index (χ0v) is 21.7. The number of aliphatic hydroxyl groups excluding tert-OH is 1. The molecule has 40 heavy (non-hydrogen) atoms. The van der Waals surface area contributed by atoms with E-state index < -0.39 is 0 Å². The summed E-state index contributed by atoms with van der Waals surface area (Å²) in [4.78, 5) is 42.1. The van der Waals surface area contributed by atoms with E-state index in [-0.39, 0.29) is 30.3 Å². The molecule has 6 rings (SSSR count). The molecule has 0 spiro atoms. The molecule has 1 fully saturated rings. The van der Waals surface area contributed by atoms with Crippen molar-refractivity contribution in [2.45, 2.75) is 25.4 Å². The van der Waals surface area contributed by atoms with Gasteiger partial charge >= 0.3 is 0 Å². The number of benzene rings is 1. The Morgan fingerprint density at radius 3 is 2.65 bits per heavy atom. The number of anilines is 3. The molecule has 5 aromatic rings. The SMILES string of the molecule is C=CCn1c(=O)c2cnc(Nc3ccc(N4CCC[C@@H]4CO)cc3)nc2n1-c1cccc(=O)n1-c1ccccn1. The molecule has 4 aromatic heterocycles. The van der Waals surface area contributed by atoms with Gasteiger partial charge in [0.15, 0.2) is 5.65 Å². The first-order chi connectivity index (χ1) is 19.6. The van der Waals surface area contributed by atoms with Gasteiger partial charge in [0.1, 0.15) is 17.0 Å². The molecule has 11 heteroatoms. The Morgan fingerprint density at radius 1 is 1.05 bits per heavy atom. The molecule has 0 aliphatic carbocycles. The van der Waals surface area contributed by atoms with Gasteiger partial charge in [0, 0.05) is 36.4 Å². The van der Waals surface area contributed by atoms with Crippen LogP contribution in [0.15, 0.2) is 95.3 Å². The van der Waals surface area contributed by atoms with E-state index in [0.717, 1.165) is 30.8 Å². The molecule has 0 amide bonds. The van der Waals surface area contributed by atoms with Crippen molar-refractivity contribution in [3.05, 3.63) is 106 Å². The summed E-state index contributed by atoms with van der Waals surface area (Å²) in [6, 6.07) is 18.1. The van der Waals surface area contributed by atoms with Crippen LogP contribution >= 0.6 is 0 Å². The minimum Gasteiger partial charge on any atom is -0.394 e. The fourth-order valence-corrected chi connectivity index (χ4v) is 5.20. The number of hydrogen-bond donors (Lipinski definition) is 2. The Hall–Kier alpha value is -5.03. The molecule has 1 aliphatic rings. The third kappa shape index (κ3) is 4.46. The van der Waals surface area contributed by atoms with Crippen molar-refractivity contribution in [1.82, 2.24) is 28.9 Å². The van der Waals surface area contributed by atoms with Gasteiger partial charge in [-0.3, -0.25) is 9.59 Å². The normalized spacial score (nSPS) is 15.0. The molecule has 1 aliphatic heterocycles. The van der Waals surface area contributed by atoms with Crippen LogP contribution < -0.4 is 21.3 Å². The number of nitrogens with one attached hydrogen (secondary N) is 1. The van der Waals surface area contributed by atoms with Crippen LogP contribution in [0.5, 0.6) is 0 Å². The second-order valence-corrected chi connectivity index (χ2v) is 9.51. The largest absolute Gasteiger partial charge is 0.394 e. The summed E-state index contributed by atoms with van der Waals surface area (Å²) in [5.41, 5.74) is 1.54. The molecule has 0 saturated carbocycles. The average Bonchev–Trinajstić information content (AvgIpc) is 3.56. The van der Waals surface area contributed by atoms with E-state index in [4.69, 9.17) is 4.98 Å². The predicted octanol–water partition coefficient (Wildman–Crippen LogP) is 3.02. The zero-order chi connectivity index (χ0) is 27.6. The maximum absolute atomic E-state index is 13.4. The first-order valence-electron chi connectivity index (χ1n) is 13.1. The van der Waals surface area contributed by atoms with Gasteiger partial charge in [-0.25, -0.2) is 23.9 Å². The molecule has 11 nitrogen and oxygen atoms in total. The highest BCUT2D eigenvalue weighted by atomic mass is 16.3. The maximum Gasteiger partial charge on any atom is 0.278 e. The van der Waals surface area contributed by atoms with Crippen molar-refractivity contribution < 1.29 is 5.11 Å². The van der Waals surface area contributed by atoms with E-state index in [1.54, 1.807) is 47.3 Å². The summed E-state index contributed by atoms with van der Waals surface area (Å²) in [6.07, 6.45) is 6.74. The molecule has 5 heterocycles. The molecule has 0 unspecified atom stereocenters. The highest BCUT2D eigenvalue weighted by Gasteiger charge is 2.24. The minimum absolute atomic E-state index is 0.136. The molecular weight excluding hydrogens is 508 g/mol. The molecule has 0 radical (unpaired) electrons. The summed E-state index contributed by atoms with van der Waals surface area (Å²) in [6.45, 7) is 5.04. The number of hydrogen-bond acceptors (Lipinski definition) is 8. The van der Waals surface area contributed by atoms with E-state index in [1.165, 1.54) is 21.5 Å². The number of pyridine rings is 2. The lowest BCUT2D eigenvalue weighted by Crippen LogP contribution is -2.31. The molecule has 1 saturated heterocycles. The van der Waals surface area contributed by atoms with E-state index in [0.29, 0.717) is 28.6 Å². The van der Waals surface area contributed by atoms with Crippen LogP contribution in [0.2, 0.25) is 0 Å². The van der Waals surface area contributed by atoms with Crippen LogP contribution in [-0.2, 0) is 6.54 Å². The Balaban J connectivity index is 1.43. The Labute approximate surface area is 229 Å². The summed E-state index contributed by atoms with van der Waals surface area (Å²) in [5, 5.41) is 13.2. The first kappa shape index (κ1) is 25.3. The standard InChI is InChI=1S/C29H28N8O3/c1-2-16-35-28(40)23-18-31-29(32-20-11-13-21(14-12-20)34-17-6-7-22(34)19-38)33-27(23)37(35)25-9-5-10-26(39)36(25)24-8-3-4-15-30-24/h2-5,8-15,18,22,38H,1,6-7,16-17,19H2,(H,31,32,33)/t22-/m1/s1. The number of fused-ring (bicyclic) bond motifs is 1. The molecule has 202 valence electrons.